The highest BCUT2D eigenvalue weighted by Crippen LogP contribution is 2.51. The molecule has 0 fully saturated rings. The van der Waals surface area contributed by atoms with Crippen molar-refractivity contribution in [2.75, 3.05) is 24.2 Å². The van der Waals surface area contributed by atoms with Crippen LogP contribution in [0.4, 0.5) is 5.69 Å². The molecule has 0 radical (unpaired) electrons. The van der Waals surface area contributed by atoms with Crippen LogP contribution in [0.3, 0.4) is 0 Å². The van der Waals surface area contributed by atoms with Crippen LogP contribution in [-0.4, -0.2) is 32.5 Å². The molecule has 1 aromatic rings. The molecule has 3 rings (SSSR count). The lowest BCUT2D eigenvalue weighted by Gasteiger charge is -2.47. The summed E-state index contributed by atoms with van der Waals surface area (Å²) in [7, 11) is -3.16. The molecule has 152 valence electrons. The van der Waals surface area contributed by atoms with Crippen LogP contribution in [0.2, 0.25) is 0 Å². The minimum Gasteiger partial charge on any atom is -0.371 e. The van der Waals surface area contributed by atoms with E-state index in [9.17, 15) is 8.42 Å². The average molecular weight is 392 g/mol. The third kappa shape index (κ3) is 3.92. The largest absolute Gasteiger partial charge is 0.371 e. The first-order valence-corrected chi connectivity index (χ1v) is 12.9. The number of sulfone groups is 1. The zero-order valence-corrected chi connectivity index (χ0v) is 18.3. The summed E-state index contributed by atoms with van der Waals surface area (Å²) < 4.78 is 26.0. The topological polar surface area (TPSA) is 37.4 Å². The van der Waals surface area contributed by atoms with Crippen molar-refractivity contribution in [1.29, 1.82) is 0 Å². The Bertz CT molecular complexity index is 743. The third-order valence-electron chi connectivity index (χ3n) is 6.93. The van der Waals surface area contributed by atoms with Gasteiger partial charge in [-0.3, -0.25) is 0 Å². The molecule has 2 atom stereocenters. The molecule has 0 bridgehead atoms. The van der Waals surface area contributed by atoms with E-state index >= 15 is 0 Å². The maximum absolute atomic E-state index is 13.3. The number of rotatable bonds is 9. The summed E-state index contributed by atoms with van der Waals surface area (Å²) in [5.41, 5.74) is 4.12. The standard InChI is InChI=1S/C23H37NO2S/c1-4-6-8-16-23(15-7-5-2,27(3,25)26)21-14-18-24-17-10-12-19-11-9-13-20(21)22(19)24/h9,11,13,21H,4-8,10,12,14-18H2,1-3H3. The molecule has 0 aromatic heterocycles. The van der Waals surface area contributed by atoms with Crippen molar-refractivity contribution in [2.45, 2.75) is 88.7 Å². The smallest absolute Gasteiger partial charge is 0.153 e. The second-order valence-corrected chi connectivity index (χ2v) is 11.0. The normalized spacial score (nSPS) is 21.6. The van der Waals surface area contributed by atoms with Crippen molar-refractivity contribution in [1.82, 2.24) is 0 Å². The Morgan fingerprint density at radius 1 is 1.07 bits per heavy atom. The molecule has 0 amide bonds. The van der Waals surface area contributed by atoms with Gasteiger partial charge < -0.3 is 4.90 Å². The lowest BCUT2D eigenvalue weighted by molar-refractivity contribution is 0.344. The minimum absolute atomic E-state index is 0.139. The first-order valence-electron chi connectivity index (χ1n) is 11.0. The van der Waals surface area contributed by atoms with Gasteiger partial charge in [-0.25, -0.2) is 8.42 Å². The third-order valence-corrected chi connectivity index (χ3v) is 9.10. The molecular weight excluding hydrogens is 354 g/mol. The summed E-state index contributed by atoms with van der Waals surface area (Å²) >= 11 is 0. The second kappa shape index (κ2) is 8.55. The van der Waals surface area contributed by atoms with E-state index in [4.69, 9.17) is 0 Å². The van der Waals surface area contributed by atoms with Crippen LogP contribution < -0.4 is 4.90 Å². The van der Waals surface area contributed by atoms with E-state index in [2.05, 4.69) is 36.9 Å². The SMILES string of the molecule is CCCCCC(CCCC)(C1CCN2CCCc3cccc1c32)S(C)(=O)=O. The van der Waals surface area contributed by atoms with Crippen molar-refractivity contribution in [3.05, 3.63) is 29.3 Å². The predicted octanol–water partition coefficient (Wildman–Crippen LogP) is 5.48. The van der Waals surface area contributed by atoms with E-state index in [1.807, 2.05) is 0 Å². The summed E-state index contributed by atoms with van der Waals surface area (Å²) in [6, 6.07) is 6.64. The Labute approximate surface area is 166 Å². The van der Waals surface area contributed by atoms with Gasteiger partial charge in [0, 0.05) is 31.0 Å². The Morgan fingerprint density at radius 3 is 2.52 bits per heavy atom. The molecule has 0 spiro atoms. The van der Waals surface area contributed by atoms with Gasteiger partial charge in [-0.05, 0) is 43.2 Å². The molecule has 3 nitrogen and oxygen atoms in total. The number of benzene rings is 1. The average Bonchev–Trinajstić information content (AvgIpc) is 2.65. The lowest BCUT2D eigenvalue weighted by Crippen LogP contribution is -2.48. The number of anilines is 1. The van der Waals surface area contributed by atoms with Gasteiger partial charge in [0.2, 0.25) is 0 Å². The summed E-state index contributed by atoms with van der Waals surface area (Å²) in [6.07, 6.45) is 11.8. The van der Waals surface area contributed by atoms with Crippen molar-refractivity contribution >= 4 is 15.5 Å². The van der Waals surface area contributed by atoms with Crippen LogP contribution in [0.15, 0.2) is 18.2 Å². The molecular formula is C23H37NO2S. The molecule has 4 heteroatoms. The monoisotopic (exact) mass is 391 g/mol. The zero-order chi connectivity index (χ0) is 19.5. The highest BCUT2D eigenvalue weighted by molar-refractivity contribution is 7.92. The van der Waals surface area contributed by atoms with E-state index in [1.54, 1.807) is 0 Å². The molecule has 2 aliphatic heterocycles. The Morgan fingerprint density at radius 2 is 1.81 bits per heavy atom. The fourth-order valence-corrected chi connectivity index (χ4v) is 7.31. The highest BCUT2D eigenvalue weighted by atomic mass is 32.2. The molecule has 2 aliphatic rings. The quantitative estimate of drug-likeness (QED) is 0.523. The molecule has 27 heavy (non-hydrogen) atoms. The maximum Gasteiger partial charge on any atom is 0.153 e. The summed E-state index contributed by atoms with van der Waals surface area (Å²) in [5.74, 6) is 0.139. The number of aryl methyl sites for hydroxylation is 1. The number of para-hydroxylation sites is 1. The van der Waals surface area contributed by atoms with Gasteiger partial charge in [0.15, 0.2) is 9.84 Å². The Balaban J connectivity index is 2.08. The van der Waals surface area contributed by atoms with Crippen molar-refractivity contribution < 1.29 is 8.42 Å². The molecule has 2 heterocycles. The van der Waals surface area contributed by atoms with Gasteiger partial charge in [0.05, 0.1) is 4.75 Å². The fraction of sp³-hybridized carbons (Fsp3) is 0.739. The van der Waals surface area contributed by atoms with Crippen LogP contribution >= 0.6 is 0 Å². The van der Waals surface area contributed by atoms with Crippen molar-refractivity contribution in [2.24, 2.45) is 0 Å². The number of nitrogens with zero attached hydrogens (tertiary/aromatic N) is 1. The molecule has 0 aliphatic carbocycles. The molecule has 0 saturated heterocycles. The fourth-order valence-electron chi connectivity index (χ4n) is 5.52. The summed E-state index contributed by atoms with van der Waals surface area (Å²) in [6.45, 7) is 6.49. The van der Waals surface area contributed by atoms with Crippen LogP contribution in [0, 0.1) is 0 Å². The number of hydrogen-bond acceptors (Lipinski definition) is 3. The van der Waals surface area contributed by atoms with Crippen LogP contribution in [0.5, 0.6) is 0 Å². The van der Waals surface area contributed by atoms with E-state index in [0.29, 0.717) is 0 Å². The summed E-state index contributed by atoms with van der Waals surface area (Å²) in [4.78, 5) is 2.52. The first-order chi connectivity index (χ1) is 12.9. The van der Waals surface area contributed by atoms with E-state index in [-0.39, 0.29) is 5.92 Å². The molecule has 1 aromatic carbocycles. The second-order valence-electron chi connectivity index (χ2n) is 8.68. The van der Waals surface area contributed by atoms with E-state index in [1.165, 1.54) is 29.5 Å². The van der Waals surface area contributed by atoms with Gasteiger partial charge in [0.25, 0.3) is 0 Å². The Hall–Kier alpha value is -1.03. The molecule has 2 unspecified atom stereocenters. The predicted molar refractivity (Wildman–Crippen MR) is 116 cm³/mol. The first kappa shape index (κ1) is 20.7. The Kier molecular flexibility index (Phi) is 6.55. The molecule has 0 saturated carbocycles. The highest BCUT2D eigenvalue weighted by Gasteiger charge is 2.49. The summed E-state index contributed by atoms with van der Waals surface area (Å²) in [5, 5.41) is 0. The van der Waals surface area contributed by atoms with Gasteiger partial charge >= 0.3 is 0 Å². The van der Waals surface area contributed by atoms with Gasteiger partial charge in [-0.15, -0.1) is 0 Å². The maximum atomic E-state index is 13.3. The van der Waals surface area contributed by atoms with Crippen LogP contribution in [0.25, 0.3) is 0 Å². The van der Waals surface area contributed by atoms with Crippen molar-refractivity contribution in [3.8, 4) is 0 Å². The van der Waals surface area contributed by atoms with Gasteiger partial charge in [0.1, 0.15) is 0 Å². The van der Waals surface area contributed by atoms with E-state index < -0.39 is 14.6 Å². The van der Waals surface area contributed by atoms with Gasteiger partial charge in [-0.1, -0.05) is 64.2 Å². The van der Waals surface area contributed by atoms with Crippen LogP contribution in [0.1, 0.15) is 88.7 Å². The molecule has 0 N–H and O–H groups in total. The van der Waals surface area contributed by atoms with Crippen molar-refractivity contribution in [3.63, 3.8) is 0 Å². The number of unbranched alkanes of at least 4 members (excludes halogenated alkanes) is 3. The van der Waals surface area contributed by atoms with Crippen LogP contribution in [-0.2, 0) is 16.3 Å². The minimum atomic E-state index is -3.16. The lowest BCUT2D eigenvalue weighted by atomic mass is 9.73. The number of hydrogen-bond donors (Lipinski definition) is 0. The zero-order valence-electron chi connectivity index (χ0n) is 17.5. The van der Waals surface area contributed by atoms with Gasteiger partial charge in [-0.2, -0.15) is 0 Å². The van der Waals surface area contributed by atoms with E-state index in [0.717, 1.165) is 70.9 Å².